The van der Waals surface area contributed by atoms with Crippen LogP contribution in [0.5, 0.6) is 0 Å². The predicted octanol–water partition coefficient (Wildman–Crippen LogP) is 5.95. The number of unbranched alkanes of at least 4 members (excludes halogenated alkanes) is 6. The first kappa shape index (κ1) is 17.0. The molecule has 1 heteroatoms. The Morgan fingerprint density at radius 2 is 1.24 bits per heavy atom. The highest BCUT2D eigenvalue weighted by molar-refractivity contribution is 6.58. The number of hydrogen-bond donors (Lipinski definition) is 0. The van der Waals surface area contributed by atoms with Gasteiger partial charge in [-0.1, -0.05) is 89.4 Å². The lowest BCUT2D eigenvalue weighted by Crippen LogP contribution is -2.11. The minimum absolute atomic E-state index is 0.374. The molecule has 0 unspecified atom stereocenters. The van der Waals surface area contributed by atoms with Crippen molar-refractivity contribution in [3.63, 3.8) is 0 Å². The maximum absolute atomic E-state index is 3.81. The fourth-order valence-corrected chi connectivity index (χ4v) is 5.98. The van der Waals surface area contributed by atoms with E-state index in [1.165, 1.54) is 57.8 Å². The standard InChI is InChI=1S/C16H34Si/c1-4-7-10-13-16-17(14-11-8-5-2)15-12-9-6-3/h4,17H,1,5-16H2,2-3H3. The van der Waals surface area contributed by atoms with E-state index in [1.54, 1.807) is 18.1 Å². The first-order chi connectivity index (χ1) is 8.35. The molecule has 0 aromatic carbocycles. The van der Waals surface area contributed by atoms with Crippen molar-refractivity contribution in [1.82, 2.24) is 0 Å². The molecule has 0 aliphatic rings. The summed E-state index contributed by atoms with van der Waals surface area (Å²) in [6, 6.07) is 4.83. The highest BCUT2D eigenvalue weighted by atomic mass is 28.3. The molecule has 0 saturated heterocycles. The Bertz CT molecular complexity index is 144. The van der Waals surface area contributed by atoms with Crippen LogP contribution in [0.3, 0.4) is 0 Å². The predicted molar refractivity (Wildman–Crippen MR) is 84.7 cm³/mol. The second kappa shape index (κ2) is 14.0. The van der Waals surface area contributed by atoms with Crippen LogP contribution in [0, 0.1) is 0 Å². The summed E-state index contributed by atoms with van der Waals surface area (Å²) in [5, 5.41) is 0. The monoisotopic (exact) mass is 254 g/mol. The number of allylic oxidation sites excluding steroid dienone is 1. The highest BCUT2D eigenvalue weighted by Crippen LogP contribution is 2.18. The Labute approximate surface area is 112 Å². The highest BCUT2D eigenvalue weighted by Gasteiger charge is 2.09. The first-order valence-corrected chi connectivity index (χ1v) is 10.4. The molecule has 0 radical (unpaired) electrons. The molecule has 0 aliphatic heterocycles. The normalized spacial score (nSPS) is 11.0. The molecule has 0 aromatic rings. The zero-order valence-corrected chi connectivity index (χ0v) is 13.5. The molecular weight excluding hydrogens is 220 g/mol. The molecule has 0 amide bonds. The van der Waals surface area contributed by atoms with Crippen molar-refractivity contribution in [3.8, 4) is 0 Å². The van der Waals surface area contributed by atoms with Gasteiger partial charge in [-0.15, -0.1) is 6.58 Å². The maximum Gasteiger partial charge on any atom is 0.0367 e. The van der Waals surface area contributed by atoms with Crippen LogP contribution in [0.1, 0.15) is 71.6 Å². The van der Waals surface area contributed by atoms with E-state index >= 15 is 0 Å². The van der Waals surface area contributed by atoms with Crippen LogP contribution in [0.15, 0.2) is 12.7 Å². The van der Waals surface area contributed by atoms with Gasteiger partial charge in [0.25, 0.3) is 0 Å². The molecule has 0 heterocycles. The van der Waals surface area contributed by atoms with Crippen molar-refractivity contribution in [2.24, 2.45) is 0 Å². The lowest BCUT2D eigenvalue weighted by Gasteiger charge is -2.14. The number of hydrogen-bond acceptors (Lipinski definition) is 0. The topological polar surface area (TPSA) is 0 Å². The molecular formula is C16H34Si. The fourth-order valence-electron chi connectivity index (χ4n) is 2.52. The summed E-state index contributed by atoms with van der Waals surface area (Å²) >= 11 is 0. The van der Waals surface area contributed by atoms with E-state index in [0.717, 1.165) is 0 Å². The molecule has 0 nitrogen and oxygen atoms in total. The van der Waals surface area contributed by atoms with Crippen LogP contribution < -0.4 is 0 Å². The SMILES string of the molecule is C=CCCCC[SiH](CCCCC)CCCCC. The van der Waals surface area contributed by atoms with Gasteiger partial charge in [0, 0.05) is 8.80 Å². The molecule has 0 aliphatic carbocycles. The summed E-state index contributed by atoms with van der Waals surface area (Å²) in [5.74, 6) is 0. The molecule has 0 spiro atoms. The fraction of sp³-hybridized carbons (Fsp3) is 0.875. The second-order valence-corrected chi connectivity index (χ2v) is 8.89. The summed E-state index contributed by atoms with van der Waals surface area (Å²) < 4.78 is 0. The molecule has 0 aromatic heterocycles. The quantitative estimate of drug-likeness (QED) is 0.216. The third kappa shape index (κ3) is 12.2. The Hall–Kier alpha value is -0.0431. The average molecular weight is 255 g/mol. The summed E-state index contributed by atoms with van der Waals surface area (Å²) in [6.45, 7) is 8.44. The molecule has 102 valence electrons. The van der Waals surface area contributed by atoms with Crippen molar-refractivity contribution < 1.29 is 0 Å². The molecule has 0 bridgehead atoms. The van der Waals surface area contributed by atoms with Crippen molar-refractivity contribution in [1.29, 1.82) is 0 Å². The summed E-state index contributed by atoms with van der Waals surface area (Å²) in [5.41, 5.74) is 0. The second-order valence-electron chi connectivity index (χ2n) is 5.43. The van der Waals surface area contributed by atoms with E-state index in [-0.39, 0.29) is 8.80 Å². The Kier molecular flexibility index (Phi) is 14.0. The van der Waals surface area contributed by atoms with Crippen molar-refractivity contribution >= 4 is 8.80 Å². The zero-order chi connectivity index (χ0) is 12.8. The smallest absolute Gasteiger partial charge is 0.0367 e. The Morgan fingerprint density at radius 1 is 0.765 bits per heavy atom. The number of rotatable bonds is 13. The van der Waals surface area contributed by atoms with Gasteiger partial charge in [0.2, 0.25) is 0 Å². The van der Waals surface area contributed by atoms with E-state index < -0.39 is 0 Å². The molecule has 0 fully saturated rings. The third-order valence-corrected chi connectivity index (χ3v) is 7.38. The van der Waals surface area contributed by atoms with Crippen LogP contribution in [0.4, 0.5) is 0 Å². The van der Waals surface area contributed by atoms with E-state index in [9.17, 15) is 0 Å². The lowest BCUT2D eigenvalue weighted by atomic mass is 10.2. The minimum atomic E-state index is -0.374. The summed E-state index contributed by atoms with van der Waals surface area (Å²) in [6.07, 6.45) is 14.9. The van der Waals surface area contributed by atoms with Crippen molar-refractivity contribution in [2.75, 3.05) is 0 Å². The van der Waals surface area contributed by atoms with Crippen LogP contribution >= 0.6 is 0 Å². The van der Waals surface area contributed by atoms with Crippen LogP contribution in [0.2, 0.25) is 18.1 Å². The van der Waals surface area contributed by atoms with Gasteiger partial charge < -0.3 is 0 Å². The van der Waals surface area contributed by atoms with Gasteiger partial charge in [-0.2, -0.15) is 0 Å². The van der Waals surface area contributed by atoms with Gasteiger partial charge in [-0.3, -0.25) is 0 Å². The van der Waals surface area contributed by atoms with Gasteiger partial charge in [-0.05, 0) is 6.42 Å². The third-order valence-electron chi connectivity index (χ3n) is 3.70. The van der Waals surface area contributed by atoms with Crippen LogP contribution in [0.25, 0.3) is 0 Å². The zero-order valence-electron chi connectivity index (χ0n) is 12.3. The van der Waals surface area contributed by atoms with E-state index in [1.807, 2.05) is 0 Å². The van der Waals surface area contributed by atoms with Gasteiger partial charge >= 0.3 is 0 Å². The van der Waals surface area contributed by atoms with E-state index in [4.69, 9.17) is 0 Å². The van der Waals surface area contributed by atoms with Crippen LogP contribution in [-0.2, 0) is 0 Å². The van der Waals surface area contributed by atoms with Gasteiger partial charge in [-0.25, -0.2) is 0 Å². The summed E-state index contributed by atoms with van der Waals surface area (Å²) in [7, 11) is -0.374. The average Bonchev–Trinajstić information content (AvgIpc) is 2.34. The summed E-state index contributed by atoms with van der Waals surface area (Å²) in [4.78, 5) is 0. The maximum atomic E-state index is 3.81. The molecule has 0 N–H and O–H groups in total. The van der Waals surface area contributed by atoms with Gasteiger partial charge in [0.05, 0.1) is 0 Å². The van der Waals surface area contributed by atoms with Gasteiger partial charge in [0.1, 0.15) is 0 Å². The minimum Gasteiger partial charge on any atom is -0.103 e. The van der Waals surface area contributed by atoms with E-state index in [0.29, 0.717) is 0 Å². The molecule has 0 atom stereocenters. The van der Waals surface area contributed by atoms with Crippen molar-refractivity contribution in [2.45, 2.75) is 89.8 Å². The molecule has 0 rings (SSSR count). The largest absolute Gasteiger partial charge is 0.103 e. The van der Waals surface area contributed by atoms with E-state index in [2.05, 4.69) is 26.5 Å². The first-order valence-electron chi connectivity index (χ1n) is 7.96. The Balaban J connectivity index is 3.63. The molecule has 17 heavy (non-hydrogen) atoms. The molecule has 0 saturated carbocycles. The Morgan fingerprint density at radius 3 is 1.65 bits per heavy atom. The lowest BCUT2D eigenvalue weighted by molar-refractivity contribution is 0.734. The van der Waals surface area contributed by atoms with Gasteiger partial charge in [0.15, 0.2) is 0 Å². The van der Waals surface area contributed by atoms with Crippen LogP contribution in [-0.4, -0.2) is 8.80 Å². The van der Waals surface area contributed by atoms with Crippen molar-refractivity contribution in [3.05, 3.63) is 12.7 Å².